The average molecular weight is 453 g/mol. The van der Waals surface area contributed by atoms with Crippen molar-refractivity contribution >= 4 is 11.7 Å². The molecule has 2 amide bonds. The SMILES string of the molecule is Cc1ccccc1NC(=O)NCc1nccc(-c2ccc(C(F)(F)F)cc2)c1C(F)(F)F. The molecule has 4 nitrogen and oxygen atoms in total. The van der Waals surface area contributed by atoms with Crippen molar-refractivity contribution in [2.24, 2.45) is 0 Å². The van der Waals surface area contributed by atoms with E-state index in [1.54, 1.807) is 31.2 Å². The highest BCUT2D eigenvalue weighted by Gasteiger charge is 2.37. The number of nitrogens with zero attached hydrogens (tertiary/aromatic N) is 1. The second kappa shape index (κ2) is 8.89. The van der Waals surface area contributed by atoms with Gasteiger partial charge in [-0.3, -0.25) is 4.98 Å². The number of rotatable bonds is 4. The van der Waals surface area contributed by atoms with E-state index in [1.807, 2.05) is 0 Å². The van der Waals surface area contributed by atoms with Gasteiger partial charge in [0.15, 0.2) is 0 Å². The van der Waals surface area contributed by atoms with E-state index >= 15 is 0 Å². The van der Waals surface area contributed by atoms with Crippen LogP contribution in [-0.4, -0.2) is 11.0 Å². The Kier molecular flexibility index (Phi) is 6.42. The predicted octanol–water partition coefficient (Wildman–Crippen LogP) is 6.42. The van der Waals surface area contributed by atoms with Crippen molar-refractivity contribution in [3.05, 3.63) is 83.2 Å². The number of anilines is 1. The summed E-state index contributed by atoms with van der Waals surface area (Å²) < 4.78 is 79.8. The standard InChI is InChI=1S/C22H17F6N3O/c1-13-4-2-3-5-17(13)31-20(32)30-12-18-19(22(26,27)28)16(10-11-29-18)14-6-8-15(9-7-14)21(23,24)25/h2-11H,12H2,1H3,(H2,30,31,32). The first kappa shape index (κ1) is 23.1. The fourth-order valence-electron chi connectivity index (χ4n) is 3.08. The Labute approximate surface area is 179 Å². The number of halogens is 6. The first-order chi connectivity index (χ1) is 15.0. The number of urea groups is 1. The van der Waals surface area contributed by atoms with Crippen molar-refractivity contribution < 1.29 is 31.1 Å². The number of hydrogen-bond donors (Lipinski definition) is 2. The molecule has 0 saturated heterocycles. The van der Waals surface area contributed by atoms with Crippen LogP contribution in [0.3, 0.4) is 0 Å². The van der Waals surface area contributed by atoms with Crippen LogP contribution in [0.4, 0.5) is 36.8 Å². The fourth-order valence-corrected chi connectivity index (χ4v) is 3.08. The lowest BCUT2D eigenvalue weighted by Gasteiger charge is -2.18. The van der Waals surface area contributed by atoms with Crippen LogP contribution in [-0.2, 0) is 18.9 Å². The summed E-state index contributed by atoms with van der Waals surface area (Å²) in [5.41, 5.74) is -1.70. The summed E-state index contributed by atoms with van der Waals surface area (Å²) in [5, 5.41) is 4.87. The van der Waals surface area contributed by atoms with Crippen LogP contribution >= 0.6 is 0 Å². The Morgan fingerprint density at radius 1 is 0.906 bits per heavy atom. The van der Waals surface area contributed by atoms with Crippen LogP contribution in [0.5, 0.6) is 0 Å². The number of carbonyl (C=O) groups excluding carboxylic acids is 1. The molecule has 1 aromatic heterocycles. The zero-order valence-corrected chi connectivity index (χ0v) is 16.6. The number of aryl methyl sites for hydroxylation is 1. The van der Waals surface area contributed by atoms with E-state index in [9.17, 15) is 31.1 Å². The number of aromatic nitrogens is 1. The van der Waals surface area contributed by atoms with Crippen LogP contribution < -0.4 is 10.6 Å². The van der Waals surface area contributed by atoms with Gasteiger partial charge in [0, 0.05) is 11.9 Å². The van der Waals surface area contributed by atoms with Crippen molar-refractivity contribution in [2.45, 2.75) is 25.8 Å². The lowest BCUT2D eigenvalue weighted by Crippen LogP contribution is -2.30. The van der Waals surface area contributed by atoms with Crippen LogP contribution in [0.1, 0.15) is 22.4 Å². The Hall–Kier alpha value is -3.56. The van der Waals surface area contributed by atoms with Crippen molar-refractivity contribution in [1.82, 2.24) is 10.3 Å². The number of nitrogens with one attached hydrogen (secondary N) is 2. The van der Waals surface area contributed by atoms with E-state index < -0.39 is 41.7 Å². The molecule has 0 atom stereocenters. The maximum absolute atomic E-state index is 13.8. The summed E-state index contributed by atoms with van der Waals surface area (Å²) in [5.74, 6) is 0. The van der Waals surface area contributed by atoms with Gasteiger partial charge in [-0.1, -0.05) is 30.3 Å². The molecule has 0 aliphatic rings. The summed E-state index contributed by atoms with van der Waals surface area (Å²) in [6.45, 7) is 1.22. The quantitative estimate of drug-likeness (QED) is 0.448. The molecular weight excluding hydrogens is 436 g/mol. The van der Waals surface area contributed by atoms with Gasteiger partial charge in [0.05, 0.1) is 23.4 Å². The molecule has 0 unspecified atom stereocenters. The monoisotopic (exact) mass is 453 g/mol. The number of amides is 2. The van der Waals surface area contributed by atoms with Crippen LogP contribution in [0.25, 0.3) is 11.1 Å². The fraction of sp³-hybridized carbons (Fsp3) is 0.182. The highest BCUT2D eigenvalue weighted by molar-refractivity contribution is 5.90. The Morgan fingerprint density at radius 3 is 2.16 bits per heavy atom. The van der Waals surface area contributed by atoms with E-state index in [0.29, 0.717) is 17.8 Å². The van der Waals surface area contributed by atoms with Crippen molar-refractivity contribution in [3.8, 4) is 11.1 Å². The average Bonchev–Trinajstić information content (AvgIpc) is 2.72. The summed E-state index contributed by atoms with van der Waals surface area (Å²) >= 11 is 0. The van der Waals surface area contributed by atoms with Gasteiger partial charge in [-0.2, -0.15) is 26.3 Å². The first-order valence-electron chi connectivity index (χ1n) is 9.30. The Balaban J connectivity index is 1.87. The molecule has 0 spiro atoms. The topological polar surface area (TPSA) is 54.0 Å². The van der Waals surface area contributed by atoms with E-state index in [-0.39, 0.29) is 11.1 Å². The van der Waals surface area contributed by atoms with Gasteiger partial charge in [0.1, 0.15) is 0 Å². The molecule has 0 radical (unpaired) electrons. The van der Waals surface area contributed by atoms with Crippen LogP contribution in [0.15, 0.2) is 60.8 Å². The molecule has 10 heteroatoms. The molecular formula is C22H17F6N3O. The molecule has 2 aromatic carbocycles. The predicted molar refractivity (Wildman–Crippen MR) is 107 cm³/mol. The molecule has 3 rings (SSSR count). The number of pyridine rings is 1. The van der Waals surface area contributed by atoms with Gasteiger partial charge in [-0.05, 0) is 47.9 Å². The van der Waals surface area contributed by atoms with Crippen molar-refractivity contribution in [3.63, 3.8) is 0 Å². The zero-order chi connectivity index (χ0) is 23.5. The molecule has 0 bridgehead atoms. The third kappa shape index (κ3) is 5.37. The van der Waals surface area contributed by atoms with Gasteiger partial charge in [-0.15, -0.1) is 0 Å². The largest absolute Gasteiger partial charge is 0.418 e. The highest BCUT2D eigenvalue weighted by atomic mass is 19.4. The van der Waals surface area contributed by atoms with Gasteiger partial charge < -0.3 is 10.6 Å². The molecule has 1 heterocycles. The normalized spacial score (nSPS) is 11.8. The minimum absolute atomic E-state index is 0.0571. The Morgan fingerprint density at radius 2 is 1.56 bits per heavy atom. The van der Waals surface area contributed by atoms with Crippen LogP contribution in [0.2, 0.25) is 0 Å². The van der Waals surface area contributed by atoms with E-state index in [1.165, 1.54) is 0 Å². The molecule has 2 N–H and O–H groups in total. The third-order valence-electron chi connectivity index (χ3n) is 4.65. The lowest BCUT2D eigenvalue weighted by atomic mass is 9.97. The van der Waals surface area contributed by atoms with Crippen molar-refractivity contribution in [2.75, 3.05) is 5.32 Å². The number of carbonyl (C=O) groups is 1. The van der Waals surface area contributed by atoms with Gasteiger partial charge in [0.2, 0.25) is 0 Å². The van der Waals surface area contributed by atoms with Gasteiger partial charge in [0.25, 0.3) is 0 Å². The molecule has 0 aliphatic heterocycles. The maximum Gasteiger partial charge on any atom is 0.418 e. The summed E-state index contributed by atoms with van der Waals surface area (Å²) in [7, 11) is 0. The second-order valence-electron chi connectivity index (χ2n) is 6.88. The van der Waals surface area contributed by atoms with Crippen molar-refractivity contribution in [1.29, 1.82) is 0 Å². The van der Waals surface area contributed by atoms with E-state index in [0.717, 1.165) is 30.0 Å². The van der Waals surface area contributed by atoms with Gasteiger partial charge in [-0.25, -0.2) is 4.79 Å². The molecule has 0 fully saturated rings. The molecule has 0 saturated carbocycles. The summed E-state index contributed by atoms with van der Waals surface area (Å²) in [4.78, 5) is 15.9. The van der Waals surface area contributed by atoms with Crippen LogP contribution in [0, 0.1) is 6.92 Å². The third-order valence-corrected chi connectivity index (χ3v) is 4.65. The molecule has 32 heavy (non-hydrogen) atoms. The summed E-state index contributed by atoms with van der Waals surface area (Å²) in [6.07, 6.45) is -8.35. The van der Waals surface area contributed by atoms with Gasteiger partial charge >= 0.3 is 18.4 Å². The Bertz CT molecular complexity index is 1110. The molecule has 3 aromatic rings. The zero-order valence-electron chi connectivity index (χ0n) is 16.6. The first-order valence-corrected chi connectivity index (χ1v) is 9.30. The second-order valence-corrected chi connectivity index (χ2v) is 6.88. The lowest BCUT2D eigenvalue weighted by molar-refractivity contribution is -0.138. The van der Waals surface area contributed by atoms with E-state index in [4.69, 9.17) is 0 Å². The molecule has 168 valence electrons. The molecule has 0 aliphatic carbocycles. The minimum Gasteiger partial charge on any atom is -0.332 e. The highest BCUT2D eigenvalue weighted by Crippen LogP contribution is 2.39. The minimum atomic E-state index is -4.85. The smallest absolute Gasteiger partial charge is 0.332 e. The number of alkyl halides is 6. The summed E-state index contributed by atoms with van der Waals surface area (Å²) in [6, 6.07) is 10.6. The number of para-hydroxylation sites is 1. The number of benzene rings is 2. The van der Waals surface area contributed by atoms with E-state index in [2.05, 4.69) is 15.6 Å². The number of hydrogen-bond acceptors (Lipinski definition) is 2. The maximum atomic E-state index is 13.8.